The second-order valence-electron chi connectivity index (χ2n) is 4.58. The molecule has 82 valence electrons. The molecule has 16 heavy (non-hydrogen) atoms. The van der Waals surface area contributed by atoms with Crippen LogP contribution in [-0.4, -0.2) is 23.1 Å². The van der Waals surface area contributed by atoms with Crippen molar-refractivity contribution >= 4 is 5.82 Å². The first-order valence-corrected chi connectivity index (χ1v) is 5.74. The maximum atomic E-state index is 8.68. The van der Waals surface area contributed by atoms with Crippen LogP contribution in [0.25, 0.3) is 0 Å². The molecule has 3 rings (SSSR count). The van der Waals surface area contributed by atoms with E-state index in [4.69, 9.17) is 5.26 Å². The van der Waals surface area contributed by atoms with Crippen molar-refractivity contribution in [2.24, 2.45) is 0 Å². The molecule has 3 heterocycles. The largest absolute Gasteiger partial charge is 0.366 e. The van der Waals surface area contributed by atoms with Crippen molar-refractivity contribution in [2.45, 2.75) is 37.4 Å². The van der Waals surface area contributed by atoms with Crippen LogP contribution >= 0.6 is 0 Å². The average Bonchev–Trinajstić information content (AvgIpc) is 2.92. The molecule has 2 aliphatic rings. The van der Waals surface area contributed by atoms with E-state index in [-0.39, 0.29) is 0 Å². The van der Waals surface area contributed by atoms with Crippen LogP contribution in [0.3, 0.4) is 0 Å². The van der Waals surface area contributed by atoms with E-state index in [0.717, 1.165) is 5.82 Å². The normalized spacial score (nSPS) is 31.3. The number of nitriles is 1. The molecule has 3 atom stereocenters. The van der Waals surface area contributed by atoms with Crippen LogP contribution in [-0.2, 0) is 0 Å². The number of hydrogen-bond donors (Lipinski definition) is 2. The molecular formula is C12H14N4. The van der Waals surface area contributed by atoms with Gasteiger partial charge in [-0.2, -0.15) is 5.26 Å². The van der Waals surface area contributed by atoms with Crippen molar-refractivity contribution in [2.75, 3.05) is 5.32 Å². The van der Waals surface area contributed by atoms with Gasteiger partial charge in [0, 0.05) is 24.3 Å². The molecule has 0 aliphatic carbocycles. The summed E-state index contributed by atoms with van der Waals surface area (Å²) in [5.74, 6) is 0.873. The van der Waals surface area contributed by atoms with E-state index in [1.807, 2.05) is 6.07 Å². The smallest absolute Gasteiger partial charge is 0.126 e. The van der Waals surface area contributed by atoms with Gasteiger partial charge in [-0.15, -0.1) is 0 Å². The van der Waals surface area contributed by atoms with Gasteiger partial charge in [-0.25, -0.2) is 4.98 Å². The number of nitrogens with zero attached hydrogens (tertiary/aromatic N) is 2. The molecule has 0 saturated carbocycles. The highest BCUT2D eigenvalue weighted by molar-refractivity contribution is 5.40. The monoisotopic (exact) mass is 214 g/mol. The van der Waals surface area contributed by atoms with Crippen LogP contribution in [0, 0.1) is 11.3 Å². The molecule has 2 fully saturated rings. The first-order valence-electron chi connectivity index (χ1n) is 5.74. The number of nitrogens with one attached hydrogen (secondary N) is 2. The van der Waals surface area contributed by atoms with Gasteiger partial charge in [0.05, 0.1) is 5.56 Å². The summed E-state index contributed by atoms with van der Waals surface area (Å²) in [4.78, 5) is 4.24. The fourth-order valence-corrected chi connectivity index (χ4v) is 2.72. The second-order valence-corrected chi connectivity index (χ2v) is 4.58. The number of aromatic nitrogens is 1. The molecule has 1 aromatic heterocycles. The molecule has 1 aromatic rings. The third kappa shape index (κ3) is 1.63. The Morgan fingerprint density at radius 2 is 2.38 bits per heavy atom. The van der Waals surface area contributed by atoms with Crippen molar-refractivity contribution in [3.8, 4) is 6.07 Å². The first kappa shape index (κ1) is 9.61. The lowest BCUT2D eigenvalue weighted by molar-refractivity contribution is 0.526. The SMILES string of the molecule is N#Cc1ccc(N[C@@H]2C[C@H]3CC[C@@H]2N3)nc1. The fraction of sp³-hybridized carbons (Fsp3) is 0.500. The van der Waals surface area contributed by atoms with E-state index in [2.05, 4.69) is 21.7 Å². The second kappa shape index (κ2) is 3.76. The minimum atomic E-state index is 0.499. The third-order valence-corrected chi connectivity index (χ3v) is 3.53. The molecule has 2 N–H and O–H groups in total. The van der Waals surface area contributed by atoms with E-state index >= 15 is 0 Å². The Morgan fingerprint density at radius 3 is 2.94 bits per heavy atom. The first-order chi connectivity index (χ1) is 7.85. The predicted octanol–water partition coefficient (Wildman–Crippen LogP) is 1.26. The van der Waals surface area contributed by atoms with E-state index in [9.17, 15) is 0 Å². The Morgan fingerprint density at radius 1 is 1.44 bits per heavy atom. The Balaban J connectivity index is 1.68. The summed E-state index contributed by atoms with van der Waals surface area (Å²) in [5.41, 5.74) is 0.608. The topological polar surface area (TPSA) is 60.7 Å². The van der Waals surface area contributed by atoms with Gasteiger partial charge in [0.15, 0.2) is 0 Å². The average molecular weight is 214 g/mol. The molecular weight excluding hydrogens is 200 g/mol. The molecule has 4 heteroatoms. The lowest BCUT2D eigenvalue weighted by Crippen LogP contribution is -2.33. The van der Waals surface area contributed by atoms with Crippen molar-refractivity contribution in [1.82, 2.24) is 10.3 Å². The van der Waals surface area contributed by atoms with Crippen molar-refractivity contribution in [3.63, 3.8) is 0 Å². The highest BCUT2D eigenvalue weighted by atomic mass is 15.1. The van der Waals surface area contributed by atoms with Crippen LogP contribution in [0.2, 0.25) is 0 Å². The summed E-state index contributed by atoms with van der Waals surface area (Å²) >= 11 is 0. The van der Waals surface area contributed by atoms with Gasteiger partial charge >= 0.3 is 0 Å². The highest BCUT2D eigenvalue weighted by Crippen LogP contribution is 2.29. The standard InChI is InChI=1S/C12H14N4/c13-6-8-1-4-12(14-7-8)16-11-5-9-2-3-10(11)15-9/h1,4,7,9-11,15H,2-3,5H2,(H,14,16)/t9-,10+,11-/m1/s1. The lowest BCUT2D eigenvalue weighted by atomic mass is 9.95. The van der Waals surface area contributed by atoms with Crippen molar-refractivity contribution < 1.29 is 0 Å². The van der Waals surface area contributed by atoms with Gasteiger partial charge in [-0.05, 0) is 31.4 Å². The van der Waals surface area contributed by atoms with Crippen LogP contribution in [0.4, 0.5) is 5.82 Å². The summed E-state index contributed by atoms with van der Waals surface area (Å²) < 4.78 is 0. The summed E-state index contributed by atoms with van der Waals surface area (Å²) in [5, 5.41) is 15.7. The summed E-state index contributed by atoms with van der Waals surface area (Å²) in [7, 11) is 0. The van der Waals surface area contributed by atoms with E-state index in [1.54, 1.807) is 12.3 Å². The molecule has 0 spiro atoms. The molecule has 2 saturated heterocycles. The van der Waals surface area contributed by atoms with Crippen LogP contribution in [0.15, 0.2) is 18.3 Å². The quantitative estimate of drug-likeness (QED) is 0.778. The maximum absolute atomic E-state index is 8.68. The highest BCUT2D eigenvalue weighted by Gasteiger charge is 2.38. The summed E-state index contributed by atoms with van der Waals surface area (Å²) in [6.45, 7) is 0. The Bertz CT molecular complexity index is 420. The predicted molar refractivity (Wildman–Crippen MR) is 60.9 cm³/mol. The summed E-state index contributed by atoms with van der Waals surface area (Å²) in [6, 6.07) is 7.55. The number of anilines is 1. The Kier molecular flexibility index (Phi) is 2.26. The van der Waals surface area contributed by atoms with Gasteiger partial charge < -0.3 is 10.6 Å². The number of pyridine rings is 1. The zero-order chi connectivity index (χ0) is 11.0. The molecule has 0 unspecified atom stereocenters. The van der Waals surface area contributed by atoms with Gasteiger partial charge in [0.25, 0.3) is 0 Å². The minimum absolute atomic E-state index is 0.499. The van der Waals surface area contributed by atoms with Gasteiger partial charge in [0.2, 0.25) is 0 Å². The van der Waals surface area contributed by atoms with E-state index in [0.29, 0.717) is 23.7 Å². The number of rotatable bonds is 2. The van der Waals surface area contributed by atoms with Crippen LogP contribution < -0.4 is 10.6 Å². The van der Waals surface area contributed by atoms with Crippen molar-refractivity contribution in [1.29, 1.82) is 5.26 Å². The maximum Gasteiger partial charge on any atom is 0.126 e. The molecule has 4 nitrogen and oxygen atoms in total. The molecule has 2 bridgehead atoms. The van der Waals surface area contributed by atoms with E-state index in [1.165, 1.54) is 19.3 Å². The Hall–Kier alpha value is -1.60. The number of hydrogen-bond acceptors (Lipinski definition) is 4. The zero-order valence-electron chi connectivity index (χ0n) is 8.98. The van der Waals surface area contributed by atoms with Crippen LogP contribution in [0.5, 0.6) is 0 Å². The minimum Gasteiger partial charge on any atom is -0.366 e. The fourth-order valence-electron chi connectivity index (χ4n) is 2.72. The molecule has 0 aromatic carbocycles. The number of fused-ring (bicyclic) bond motifs is 2. The molecule has 2 aliphatic heterocycles. The Labute approximate surface area is 94.7 Å². The summed E-state index contributed by atoms with van der Waals surface area (Å²) in [6.07, 6.45) is 5.37. The van der Waals surface area contributed by atoms with Crippen LogP contribution in [0.1, 0.15) is 24.8 Å². The van der Waals surface area contributed by atoms with Gasteiger partial charge in [-0.1, -0.05) is 0 Å². The van der Waals surface area contributed by atoms with Crippen molar-refractivity contribution in [3.05, 3.63) is 23.9 Å². The zero-order valence-corrected chi connectivity index (χ0v) is 8.98. The molecule has 0 radical (unpaired) electrons. The molecule has 0 amide bonds. The van der Waals surface area contributed by atoms with Gasteiger partial charge in [-0.3, -0.25) is 0 Å². The van der Waals surface area contributed by atoms with E-state index < -0.39 is 0 Å². The lowest BCUT2D eigenvalue weighted by Gasteiger charge is -2.21. The van der Waals surface area contributed by atoms with Gasteiger partial charge in [0.1, 0.15) is 11.9 Å². The third-order valence-electron chi connectivity index (χ3n) is 3.53.